The van der Waals surface area contributed by atoms with Crippen LogP contribution in [0.5, 0.6) is 5.75 Å². The molecular formula is C24H33N3O5S. The average molecular weight is 476 g/mol. The Morgan fingerprint density at radius 1 is 1.06 bits per heavy atom. The van der Waals surface area contributed by atoms with Gasteiger partial charge in [-0.1, -0.05) is 30.3 Å². The lowest BCUT2D eigenvalue weighted by Crippen LogP contribution is -2.52. The third-order valence-corrected chi connectivity index (χ3v) is 6.36. The van der Waals surface area contributed by atoms with Gasteiger partial charge in [0.15, 0.2) is 0 Å². The van der Waals surface area contributed by atoms with Crippen molar-refractivity contribution < 1.29 is 22.7 Å². The number of ether oxygens (including phenoxy) is 1. The molecule has 0 saturated carbocycles. The van der Waals surface area contributed by atoms with E-state index < -0.39 is 28.5 Å². The number of carbonyl (C=O) groups is 2. The van der Waals surface area contributed by atoms with Crippen LogP contribution in [0.3, 0.4) is 0 Å². The van der Waals surface area contributed by atoms with Gasteiger partial charge in [-0.2, -0.15) is 0 Å². The Morgan fingerprint density at radius 2 is 1.73 bits per heavy atom. The Morgan fingerprint density at radius 3 is 2.30 bits per heavy atom. The van der Waals surface area contributed by atoms with Gasteiger partial charge in [0.05, 0.1) is 19.1 Å². The quantitative estimate of drug-likeness (QED) is 0.570. The fourth-order valence-electron chi connectivity index (χ4n) is 3.34. The van der Waals surface area contributed by atoms with Crippen LogP contribution in [0.4, 0.5) is 5.69 Å². The van der Waals surface area contributed by atoms with Crippen molar-refractivity contribution in [2.45, 2.75) is 46.3 Å². The number of hydrogen-bond donors (Lipinski definition) is 1. The summed E-state index contributed by atoms with van der Waals surface area (Å²) in [4.78, 5) is 27.7. The van der Waals surface area contributed by atoms with Crippen LogP contribution in [-0.4, -0.2) is 57.1 Å². The fraction of sp³-hybridized carbons (Fsp3) is 0.417. The standard InChI is InChI=1S/C24H33N3O5S/c1-17(2)25-24(29)19(4)26(15-20-11-8-7-10-18(20)3)23(28)16-27(33(6,30)31)21-12-9-13-22(14-21)32-5/h7-14,17,19H,15-16H2,1-6H3,(H,25,29). The summed E-state index contributed by atoms with van der Waals surface area (Å²) in [5.74, 6) is -0.327. The Bertz CT molecular complexity index is 1090. The normalized spacial score (nSPS) is 12.2. The van der Waals surface area contributed by atoms with Crippen molar-refractivity contribution in [2.75, 3.05) is 24.2 Å². The number of carbonyl (C=O) groups excluding carboxylic acids is 2. The molecule has 2 amide bonds. The van der Waals surface area contributed by atoms with Crippen LogP contribution in [-0.2, 0) is 26.2 Å². The Labute approximate surface area is 196 Å². The van der Waals surface area contributed by atoms with Gasteiger partial charge in [0.25, 0.3) is 0 Å². The lowest BCUT2D eigenvalue weighted by molar-refractivity contribution is -0.139. The minimum absolute atomic E-state index is 0.0975. The van der Waals surface area contributed by atoms with Gasteiger partial charge in [-0.3, -0.25) is 13.9 Å². The number of benzene rings is 2. The zero-order valence-corrected chi connectivity index (χ0v) is 20.8. The van der Waals surface area contributed by atoms with Crippen LogP contribution in [0.15, 0.2) is 48.5 Å². The van der Waals surface area contributed by atoms with Crippen molar-refractivity contribution in [1.29, 1.82) is 0 Å². The van der Waals surface area contributed by atoms with Gasteiger partial charge in [-0.15, -0.1) is 0 Å². The molecule has 1 N–H and O–H groups in total. The Hall–Kier alpha value is -3.07. The number of amides is 2. The maximum absolute atomic E-state index is 13.5. The topological polar surface area (TPSA) is 96.0 Å². The number of hydrogen-bond acceptors (Lipinski definition) is 5. The lowest BCUT2D eigenvalue weighted by atomic mass is 10.1. The maximum atomic E-state index is 13.5. The highest BCUT2D eigenvalue weighted by Gasteiger charge is 2.30. The second-order valence-corrected chi connectivity index (χ2v) is 10.2. The summed E-state index contributed by atoms with van der Waals surface area (Å²) < 4.78 is 31.4. The zero-order chi connectivity index (χ0) is 24.8. The first kappa shape index (κ1) is 26.2. The molecule has 0 fully saturated rings. The Balaban J connectivity index is 2.42. The van der Waals surface area contributed by atoms with E-state index in [2.05, 4.69) is 5.32 Å². The molecule has 0 aliphatic heterocycles. The molecule has 0 heterocycles. The van der Waals surface area contributed by atoms with E-state index in [9.17, 15) is 18.0 Å². The van der Waals surface area contributed by atoms with Gasteiger partial charge in [0.1, 0.15) is 18.3 Å². The minimum atomic E-state index is -3.79. The van der Waals surface area contributed by atoms with E-state index >= 15 is 0 Å². The fourth-order valence-corrected chi connectivity index (χ4v) is 4.18. The summed E-state index contributed by atoms with van der Waals surface area (Å²) in [6, 6.07) is 13.2. The molecule has 0 bridgehead atoms. The van der Waals surface area contributed by atoms with Crippen LogP contribution in [0.25, 0.3) is 0 Å². The summed E-state index contributed by atoms with van der Waals surface area (Å²) in [6.07, 6.45) is 1.04. The maximum Gasteiger partial charge on any atom is 0.244 e. The van der Waals surface area contributed by atoms with Crippen LogP contribution in [0.2, 0.25) is 0 Å². The largest absolute Gasteiger partial charge is 0.497 e. The van der Waals surface area contributed by atoms with E-state index in [0.717, 1.165) is 21.7 Å². The number of nitrogens with zero attached hydrogens (tertiary/aromatic N) is 2. The average Bonchev–Trinajstić information content (AvgIpc) is 2.75. The molecule has 33 heavy (non-hydrogen) atoms. The summed E-state index contributed by atoms with van der Waals surface area (Å²) >= 11 is 0. The first-order chi connectivity index (χ1) is 15.4. The van der Waals surface area contributed by atoms with Crippen LogP contribution >= 0.6 is 0 Å². The molecule has 0 aliphatic carbocycles. The predicted octanol–water partition coefficient (Wildman–Crippen LogP) is 2.71. The molecule has 0 aliphatic rings. The highest BCUT2D eigenvalue weighted by Crippen LogP contribution is 2.24. The molecule has 2 rings (SSSR count). The van der Waals surface area contributed by atoms with Gasteiger partial charge in [-0.25, -0.2) is 8.42 Å². The van der Waals surface area contributed by atoms with Gasteiger partial charge in [-0.05, 0) is 51.0 Å². The van der Waals surface area contributed by atoms with Crippen LogP contribution < -0.4 is 14.4 Å². The van der Waals surface area contributed by atoms with Crippen molar-refractivity contribution in [3.63, 3.8) is 0 Å². The molecule has 2 aromatic rings. The number of rotatable bonds is 10. The molecule has 9 heteroatoms. The van der Waals surface area contributed by atoms with E-state index in [1.165, 1.54) is 12.0 Å². The molecular weight excluding hydrogens is 442 g/mol. The zero-order valence-electron chi connectivity index (χ0n) is 20.0. The predicted molar refractivity (Wildman–Crippen MR) is 130 cm³/mol. The van der Waals surface area contributed by atoms with Crippen LogP contribution in [0.1, 0.15) is 31.9 Å². The smallest absolute Gasteiger partial charge is 0.244 e. The second kappa shape index (κ2) is 11.2. The molecule has 180 valence electrons. The third-order valence-electron chi connectivity index (χ3n) is 5.22. The molecule has 1 unspecified atom stereocenters. The second-order valence-electron chi connectivity index (χ2n) is 8.26. The van der Waals surface area contributed by atoms with E-state index in [1.807, 2.05) is 45.0 Å². The van der Waals surface area contributed by atoms with Gasteiger partial charge in [0.2, 0.25) is 21.8 Å². The van der Waals surface area contributed by atoms with Gasteiger partial charge < -0.3 is 15.0 Å². The number of aryl methyl sites for hydroxylation is 1. The highest BCUT2D eigenvalue weighted by atomic mass is 32.2. The molecule has 0 radical (unpaired) electrons. The van der Waals surface area contributed by atoms with Crippen molar-refractivity contribution >= 4 is 27.5 Å². The summed E-state index contributed by atoms with van der Waals surface area (Å²) in [7, 11) is -2.31. The van der Waals surface area contributed by atoms with E-state index in [-0.39, 0.29) is 18.5 Å². The van der Waals surface area contributed by atoms with Crippen molar-refractivity contribution in [1.82, 2.24) is 10.2 Å². The summed E-state index contributed by atoms with van der Waals surface area (Å²) in [6.45, 7) is 6.98. The highest BCUT2D eigenvalue weighted by molar-refractivity contribution is 7.92. The first-order valence-electron chi connectivity index (χ1n) is 10.7. The van der Waals surface area contributed by atoms with Crippen molar-refractivity contribution in [2.24, 2.45) is 0 Å². The van der Waals surface area contributed by atoms with Crippen molar-refractivity contribution in [3.05, 3.63) is 59.7 Å². The van der Waals surface area contributed by atoms with E-state index in [4.69, 9.17) is 4.74 Å². The number of methoxy groups -OCH3 is 1. The monoisotopic (exact) mass is 475 g/mol. The lowest BCUT2D eigenvalue weighted by Gasteiger charge is -2.32. The summed E-state index contributed by atoms with van der Waals surface area (Å²) in [5, 5.41) is 2.83. The minimum Gasteiger partial charge on any atom is -0.497 e. The van der Waals surface area contributed by atoms with Gasteiger partial charge in [0, 0.05) is 18.7 Å². The molecule has 0 spiro atoms. The molecule has 1 atom stereocenters. The van der Waals surface area contributed by atoms with Crippen LogP contribution in [0, 0.1) is 6.92 Å². The first-order valence-corrected chi connectivity index (χ1v) is 12.5. The van der Waals surface area contributed by atoms with Crippen molar-refractivity contribution in [3.8, 4) is 5.75 Å². The SMILES string of the molecule is COc1cccc(N(CC(=O)N(Cc2ccccc2C)C(C)C(=O)NC(C)C)S(C)(=O)=O)c1. The number of sulfonamides is 1. The Kier molecular flexibility index (Phi) is 8.87. The molecule has 2 aromatic carbocycles. The summed E-state index contributed by atoms with van der Waals surface area (Å²) in [5.41, 5.74) is 2.15. The number of anilines is 1. The van der Waals surface area contributed by atoms with E-state index in [1.54, 1.807) is 31.2 Å². The van der Waals surface area contributed by atoms with E-state index in [0.29, 0.717) is 11.4 Å². The molecule has 8 nitrogen and oxygen atoms in total. The molecule has 0 aromatic heterocycles. The third kappa shape index (κ3) is 7.21. The number of nitrogens with one attached hydrogen (secondary N) is 1. The van der Waals surface area contributed by atoms with Gasteiger partial charge >= 0.3 is 0 Å². The molecule has 0 saturated heterocycles.